The van der Waals surface area contributed by atoms with Gasteiger partial charge < -0.3 is 15.2 Å². The Morgan fingerprint density at radius 1 is 1.21 bits per heavy atom. The van der Waals surface area contributed by atoms with Crippen LogP contribution in [0.3, 0.4) is 0 Å². The number of hydrogen-bond acceptors (Lipinski definition) is 3. The van der Waals surface area contributed by atoms with Gasteiger partial charge in [0.1, 0.15) is 5.75 Å². The highest BCUT2D eigenvalue weighted by Crippen LogP contribution is 2.21. The lowest BCUT2D eigenvalue weighted by Crippen LogP contribution is -2.33. The van der Waals surface area contributed by atoms with E-state index < -0.39 is 0 Å². The molecule has 0 bridgehead atoms. The average Bonchev–Trinajstić information content (AvgIpc) is 2.43. The molecule has 108 valence electrons. The third-order valence-corrected chi connectivity index (χ3v) is 3.44. The summed E-state index contributed by atoms with van der Waals surface area (Å²) in [5.41, 5.74) is 1.25. The van der Waals surface area contributed by atoms with Gasteiger partial charge in [-0.05, 0) is 30.0 Å². The molecule has 0 spiro atoms. The number of nitrogens with one attached hydrogen (secondary N) is 1. The Morgan fingerprint density at radius 2 is 1.84 bits per heavy atom. The summed E-state index contributed by atoms with van der Waals surface area (Å²) >= 11 is 0. The molecule has 1 aromatic carbocycles. The van der Waals surface area contributed by atoms with Crippen LogP contribution in [0.2, 0.25) is 0 Å². The fourth-order valence-corrected chi connectivity index (χ4v) is 2.01. The Kier molecular flexibility index (Phi) is 6.89. The number of rotatable bonds is 8. The van der Waals surface area contributed by atoms with Gasteiger partial charge in [0, 0.05) is 12.6 Å². The highest BCUT2D eigenvalue weighted by atomic mass is 16.5. The fraction of sp³-hybridized carbons (Fsp3) is 0.625. The number of methoxy groups -OCH3 is 1. The topological polar surface area (TPSA) is 41.5 Å². The molecule has 2 atom stereocenters. The third kappa shape index (κ3) is 5.21. The molecule has 0 amide bonds. The normalized spacial score (nSPS) is 14.4. The van der Waals surface area contributed by atoms with E-state index in [-0.39, 0.29) is 12.0 Å². The Balaban J connectivity index is 2.64. The van der Waals surface area contributed by atoms with Crippen molar-refractivity contribution < 1.29 is 9.84 Å². The van der Waals surface area contributed by atoms with Crippen LogP contribution >= 0.6 is 0 Å². The van der Waals surface area contributed by atoms with Crippen molar-refractivity contribution in [3.63, 3.8) is 0 Å². The van der Waals surface area contributed by atoms with Gasteiger partial charge in [0.2, 0.25) is 0 Å². The molecule has 0 aliphatic heterocycles. The highest BCUT2D eigenvalue weighted by molar-refractivity contribution is 5.29. The standard InChI is InChI=1S/C16H27NO2/c1-5-6-15(17-11-16(18)12(2)3)13-7-9-14(19-4)10-8-13/h7-10,12,15-18H,5-6,11H2,1-4H3. The zero-order valence-electron chi connectivity index (χ0n) is 12.5. The largest absolute Gasteiger partial charge is 0.497 e. The lowest BCUT2D eigenvalue weighted by Gasteiger charge is -2.22. The van der Waals surface area contributed by atoms with E-state index in [9.17, 15) is 5.11 Å². The van der Waals surface area contributed by atoms with Gasteiger partial charge in [-0.25, -0.2) is 0 Å². The van der Waals surface area contributed by atoms with E-state index in [0.29, 0.717) is 12.6 Å². The van der Waals surface area contributed by atoms with E-state index in [0.717, 1.165) is 18.6 Å². The molecule has 3 heteroatoms. The van der Waals surface area contributed by atoms with Gasteiger partial charge in [-0.1, -0.05) is 39.3 Å². The second-order valence-electron chi connectivity index (χ2n) is 5.33. The van der Waals surface area contributed by atoms with Gasteiger partial charge in [-0.3, -0.25) is 0 Å². The molecule has 2 N–H and O–H groups in total. The van der Waals surface area contributed by atoms with E-state index in [4.69, 9.17) is 4.74 Å². The molecule has 0 radical (unpaired) electrons. The second kappa shape index (κ2) is 8.18. The number of aliphatic hydroxyl groups is 1. The van der Waals surface area contributed by atoms with Gasteiger partial charge in [0.25, 0.3) is 0 Å². The van der Waals surface area contributed by atoms with Crippen LogP contribution in [-0.2, 0) is 0 Å². The Labute approximate surface area is 117 Å². The number of aliphatic hydroxyl groups excluding tert-OH is 1. The molecule has 0 fully saturated rings. The summed E-state index contributed by atoms with van der Waals surface area (Å²) in [4.78, 5) is 0. The van der Waals surface area contributed by atoms with Gasteiger partial charge in [-0.15, -0.1) is 0 Å². The van der Waals surface area contributed by atoms with Crippen LogP contribution in [0.5, 0.6) is 5.75 Å². The molecular weight excluding hydrogens is 238 g/mol. The monoisotopic (exact) mass is 265 g/mol. The zero-order chi connectivity index (χ0) is 14.3. The summed E-state index contributed by atoms with van der Waals surface area (Å²) in [6.45, 7) is 6.88. The van der Waals surface area contributed by atoms with Crippen LogP contribution in [0, 0.1) is 5.92 Å². The Hall–Kier alpha value is -1.06. The van der Waals surface area contributed by atoms with Crippen molar-refractivity contribution in [3.05, 3.63) is 29.8 Å². The van der Waals surface area contributed by atoms with Crippen molar-refractivity contribution in [1.82, 2.24) is 5.32 Å². The smallest absolute Gasteiger partial charge is 0.118 e. The summed E-state index contributed by atoms with van der Waals surface area (Å²) in [7, 11) is 1.68. The SMILES string of the molecule is CCCC(NCC(O)C(C)C)c1ccc(OC)cc1. The number of ether oxygens (including phenoxy) is 1. The molecular formula is C16H27NO2. The van der Waals surface area contributed by atoms with Gasteiger partial charge in [0.05, 0.1) is 13.2 Å². The Morgan fingerprint density at radius 3 is 2.32 bits per heavy atom. The van der Waals surface area contributed by atoms with Gasteiger partial charge >= 0.3 is 0 Å². The summed E-state index contributed by atoms with van der Waals surface area (Å²) < 4.78 is 5.18. The average molecular weight is 265 g/mol. The molecule has 3 nitrogen and oxygen atoms in total. The van der Waals surface area contributed by atoms with Gasteiger partial charge in [-0.2, -0.15) is 0 Å². The summed E-state index contributed by atoms with van der Waals surface area (Å²) in [5.74, 6) is 1.16. The van der Waals surface area contributed by atoms with Crippen molar-refractivity contribution in [3.8, 4) is 5.75 Å². The van der Waals surface area contributed by atoms with E-state index in [1.165, 1.54) is 5.56 Å². The maximum Gasteiger partial charge on any atom is 0.118 e. The molecule has 0 heterocycles. The molecule has 0 saturated carbocycles. The predicted molar refractivity (Wildman–Crippen MR) is 79.5 cm³/mol. The third-order valence-electron chi connectivity index (χ3n) is 3.44. The maximum atomic E-state index is 9.89. The molecule has 0 saturated heterocycles. The summed E-state index contributed by atoms with van der Waals surface area (Å²) in [6.07, 6.45) is 1.89. The van der Waals surface area contributed by atoms with Crippen molar-refractivity contribution in [2.24, 2.45) is 5.92 Å². The first kappa shape index (κ1) is 16.0. The molecule has 2 unspecified atom stereocenters. The minimum Gasteiger partial charge on any atom is -0.497 e. The van der Waals surface area contributed by atoms with Crippen LogP contribution < -0.4 is 10.1 Å². The maximum absolute atomic E-state index is 9.89. The predicted octanol–water partition coefficient (Wildman–Crippen LogP) is 3.14. The van der Waals surface area contributed by atoms with Crippen LogP contribution in [0.25, 0.3) is 0 Å². The van der Waals surface area contributed by atoms with Crippen LogP contribution in [0.4, 0.5) is 0 Å². The first-order chi connectivity index (χ1) is 9.08. The minimum atomic E-state index is -0.294. The fourth-order valence-electron chi connectivity index (χ4n) is 2.01. The van der Waals surface area contributed by atoms with Gasteiger partial charge in [0.15, 0.2) is 0 Å². The van der Waals surface area contributed by atoms with E-state index in [1.54, 1.807) is 7.11 Å². The van der Waals surface area contributed by atoms with Crippen LogP contribution in [-0.4, -0.2) is 24.9 Å². The molecule has 1 aromatic rings. The molecule has 19 heavy (non-hydrogen) atoms. The van der Waals surface area contributed by atoms with Crippen LogP contribution in [0.1, 0.15) is 45.2 Å². The summed E-state index contributed by atoms with van der Waals surface area (Å²) in [6, 6.07) is 8.45. The van der Waals surface area contributed by atoms with Crippen molar-refractivity contribution in [2.75, 3.05) is 13.7 Å². The quantitative estimate of drug-likeness (QED) is 0.758. The zero-order valence-corrected chi connectivity index (χ0v) is 12.5. The number of hydrogen-bond donors (Lipinski definition) is 2. The first-order valence-electron chi connectivity index (χ1n) is 7.13. The number of benzene rings is 1. The second-order valence-corrected chi connectivity index (χ2v) is 5.33. The van der Waals surface area contributed by atoms with E-state index in [1.807, 2.05) is 26.0 Å². The molecule has 1 rings (SSSR count). The van der Waals surface area contributed by atoms with Crippen molar-refractivity contribution in [1.29, 1.82) is 0 Å². The summed E-state index contributed by atoms with van der Waals surface area (Å²) in [5, 5.41) is 13.4. The molecule has 0 aliphatic rings. The molecule has 0 aromatic heterocycles. The van der Waals surface area contributed by atoms with E-state index >= 15 is 0 Å². The minimum absolute atomic E-state index is 0.283. The van der Waals surface area contributed by atoms with Crippen LogP contribution in [0.15, 0.2) is 24.3 Å². The lowest BCUT2D eigenvalue weighted by atomic mass is 10.0. The van der Waals surface area contributed by atoms with Crippen molar-refractivity contribution >= 4 is 0 Å². The highest BCUT2D eigenvalue weighted by Gasteiger charge is 2.14. The van der Waals surface area contributed by atoms with Crippen molar-refractivity contribution in [2.45, 2.75) is 45.8 Å². The first-order valence-corrected chi connectivity index (χ1v) is 7.13. The lowest BCUT2D eigenvalue weighted by molar-refractivity contribution is 0.119. The Bertz CT molecular complexity index is 348. The van der Waals surface area contributed by atoms with E-state index in [2.05, 4.69) is 24.4 Å². The molecule has 0 aliphatic carbocycles.